The number of halogens is 1. The van der Waals surface area contributed by atoms with Gasteiger partial charge in [0.1, 0.15) is 5.82 Å². The van der Waals surface area contributed by atoms with E-state index in [1.54, 1.807) is 6.07 Å². The molecule has 1 amide bonds. The Morgan fingerprint density at radius 3 is 2.56 bits per heavy atom. The average Bonchev–Trinajstić information content (AvgIpc) is 2.26. The predicted octanol–water partition coefficient (Wildman–Crippen LogP) is 2.65. The van der Waals surface area contributed by atoms with Crippen molar-refractivity contribution in [2.24, 2.45) is 0 Å². The second-order valence-corrected chi connectivity index (χ2v) is 5.23. The molecule has 0 aliphatic heterocycles. The highest BCUT2D eigenvalue weighted by atomic mass is 32.2. The number of hydrogen-bond acceptors (Lipinski definition) is 3. The molecule has 0 saturated heterocycles. The molecule has 0 aliphatic carbocycles. The van der Waals surface area contributed by atoms with Crippen molar-refractivity contribution in [1.29, 1.82) is 0 Å². The summed E-state index contributed by atoms with van der Waals surface area (Å²) in [5.74, 6) is -0.618. The fourth-order valence-electron chi connectivity index (χ4n) is 1.34. The van der Waals surface area contributed by atoms with Crippen molar-refractivity contribution in [3.05, 3.63) is 29.6 Å². The second kappa shape index (κ2) is 6.54. The quantitative estimate of drug-likeness (QED) is 0.660. The Balaban J connectivity index is 2.63. The number of ketones is 1. The van der Waals surface area contributed by atoms with E-state index in [1.165, 1.54) is 19.1 Å². The van der Waals surface area contributed by atoms with Gasteiger partial charge in [0.05, 0.1) is 5.75 Å². The lowest BCUT2D eigenvalue weighted by Crippen LogP contribution is -2.31. The van der Waals surface area contributed by atoms with Crippen LogP contribution in [0.15, 0.2) is 23.1 Å². The first-order chi connectivity index (χ1) is 8.40. The Labute approximate surface area is 110 Å². The topological polar surface area (TPSA) is 46.2 Å². The molecule has 0 aromatic heterocycles. The second-order valence-electron chi connectivity index (χ2n) is 4.21. The van der Waals surface area contributed by atoms with Gasteiger partial charge in [0.25, 0.3) is 0 Å². The van der Waals surface area contributed by atoms with Crippen LogP contribution >= 0.6 is 11.8 Å². The molecule has 18 heavy (non-hydrogen) atoms. The van der Waals surface area contributed by atoms with Crippen molar-refractivity contribution in [2.75, 3.05) is 5.75 Å². The molecular weight excluding hydrogens is 253 g/mol. The third-order valence-electron chi connectivity index (χ3n) is 2.15. The molecule has 0 fully saturated rings. The van der Waals surface area contributed by atoms with E-state index in [0.717, 1.165) is 11.8 Å². The zero-order valence-electron chi connectivity index (χ0n) is 10.6. The molecule has 0 bridgehead atoms. The molecule has 1 aromatic carbocycles. The van der Waals surface area contributed by atoms with E-state index >= 15 is 0 Å². The maximum atomic E-state index is 13.6. The molecule has 0 atom stereocenters. The number of carbonyl (C=O) groups is 2. The molecule has 98 valence electrons. The zero-order valence-corrected chi connectivity index (χ0v) is 11.4. The van der Waals surface area contributed by atoms with E-state index in [9.17, 15) is 14.0 Å². The first-order valence-electron chi connectivity index (χ1n) is 5.62. The molecule has 0 heterocycles. The van der Waals surface area contributed by atoms with E-state index in [2.05, 4.69) is 5.32 Å². The van der Waals surface area contributed by atoms with E-state index < -0.39 is 5.82 Å². The Bertz CT molecular complexity index is 460. The zero-order chi connectivity index (χ0) is 13.7. The smallest absolute Gasteiger partial charge is 0.230 e. The molecule has 0 saturated carbocycles. The van der Waals surface area contributed by atoms with Gasteiger partial charge >= 0.3 is 0 Å². The molecule has 3 nitrogen and oxygen atoms in total. The molecule has 1 aromatic rings. The summed E-state index contributed by atoms with van der Waals surface area (Å²) in [6, 6.07) is 4.36. The summed E-state index contributed by atoms with van der Waals surface area (Å²) in [5.41, 5.74) is 0.337. The summed E-state index contributed by atoms with van der Waals surface area (Å²) in [7, 11) is 0. The van der Waals surface area contributed by atoms with Gasteiger partial charge in [-0.2, -0.15) is 0 Å². The molecule has 1 rings (SSSR count). The van der Waals surface area contributed by atoms with Crippen molar-refractivity contribution in [3.8, 4) is 0 Å². The van der Waals surface area contributed by atoms with Crippen LogP contribution in [-0.2, 0) is 4.79 Å². The number of hydrogen-bond donors (Lipinski definition) is 1. The number of nitrogens with one attached hydrogen (secondary N) is 1. The number of carbonyl (C=O) groups excluding carboxylic acids is 2. The largest absolute Gasteiger partial charge is 0.353 e. The van der Waals surface area contributed by atoms with Crippen LogP contribution in [0.4, 0.5) is 4.39 Å². The summed E-state index contributed by atoms with van der Waals surface area (Å²) in [4.78, 5) is 22.8. The lowest BCUT2D eigenvalue weighted by Gasteiger charge is -2.08. The molecule has 0 aliphatic rings. The summed E-state index contributed by atoms with van der Waals surface area (Å²) < 4.78 is 13.6. The summed E-state index contributed by atoms with van der Waals surface area (Å²) >= 11 is 1.12. The number of Topliss-reactive ketones (excluding diaryl/α,β-unsaturated/α-hetero) is 1. The number of benzene rings is 1. The third kappa shape index (κ3) is 4.49. The van der Waals surface area contributed by atoms with Crippen molar-refractivity contribution in [3.63, 3.8) is 0 Å². The van der Waals surface area contributed by atoms with E-state index in [4.69, 9.17) is 0 Å². The lowest BCUT2D eigenvalue weighted by molar-refractivity contribution is -0.119. The molecule has 0 radical (unpaired) electrons. The normalized spacial score (nSPS) is 10.5. The highest BCUT2D eigenvalue weighted by Crippen LogP contribution is 2.22. The third-order valence-corrected chi connectivity index (χ3v) is 3.20. The van der Waals surface area contributed by atoms with Crippen molar-refractivity contribution in [1.82, 2.24) is 5.32 Å². The van der Waals surface area contributed by atoms with Gasteiger partial charge in [-0.15, -0.1) is 11.8 Å². The minimum absolute atomic E-state index is 0.0723. The van der Waals surface area contributed by atoms with Crippen LogP contribution in [0.3, 0.4) is 0 Å². The van der Waals surface area contributed by atoms with E-state index in [1.807, 2.05) is 13.8 Å². The molecule has 5 heteroatoms. The standard InChI is InChI=1S/C13H16FNO2S/c1-8(2)15-13(17)7-18-12-5-4-10(9(3)16)6-11(12)14/h4-6,8H,7H2,1-3H3,(H,15,17). The minimum atomic E-state index is -0.468. The minimum Gasteiger partial charge on any atom is -0.353 e. The fraction of sp³-hybridized carbons (Fsp3) is 0.385. The fourth-order valence-corrected chi connectivity index (χ4v) is 2.07. The van der Waals surface area contributed by atoms with Crippen LogP contribution in [0.1, 0.15) is 31.1 Å². The SMILES string of the molecule is CC(=O)c1ccc(SCC(=O)NC(C)C)c(F)c1. The first-order valence-corrected chi connectivity index (χ1v) is 6.61. The van der Waals surface area contributed by atoms with Crippen molar-refractivity contribution < 1.29 is 14.0 Å². The van der Waals surface area contributed by atoms with Crippen LogP contribution < -0.4 is 5.32 Å². The van der Waals surface area contributed by atoms with Crippen molar-refractivity contribution >= 4 is 23.5 Å². The van der Waals surface area contributed by atoms with Gasteiger partial charge in [0.15, 0.2) is 5.78 Å². The van der Waals surface area contributed by atoms with Crippen LogP contribution in [-0.4, -0.2) is 23.5 Å². The van der Waals surface area contributed by atoms with E-state index in [-0.39, 0.29) is 23.5 Å². The van der Waals surface area contributed by atoms with Gasteiger partial charge in [-0.3, -0.25) is 9.59 Å². The Morgan fingerprint density at radius 1 is 1.39 bits per heavy atom. The van der Waals surface area contributed by atoms with Crippen LogP contribution in [0, 0.1) is 5.82 Å². The van der Waals surface area contributed by atoms with Gasteiger partial charge < -0.3 is 5.32 Å². The summed E-state index contributed by atoms with van der Waals surface area (Å²) in [6.45, 7) is 5.12. The van der Waals surface area contributed by atoms with Gasteiger partial charge in [0.2, 0.25) is 5.91 Å². The Hall–Kier alpha value is -1.36. The summed E-state index contributed by atoms with van der Waals surface area (Å²) in [5, 5.41) is 2.73. The maximum absolute atomic E-state index is 13.6. The monoisotopic (exact) mass is 269 g/mol. The average molecular weight is 269 g/mol. The number of amides is 1. The molecule has 0 spiro atoms. The highest BCUT2D eigenvalue weighted by molar-refractivity contribution is 8.00. The lowest BCUT2D eigenvalue weighted by atomic mass is 10.1. The predicted molar refractivity (Wildman–Crippen MR) is 70.4 cm³/mol. The van der Waals surface area contributed by atoms with Crippen LogP contribution in [0.25, 0.3) is 0 Å². The molecule has 1 N–H and O–H groups in total. The van der Waals surface area contributed by atoms with Gasteiger partial charge in [0, 0.05) is 16.5 Å². The molecular formula is C13H16FNO2S. The summed E-state index contributed by atoms with van der Waals surface area (Å²) in [6.07, 6.45) is 0. The molecule has 0 unspecified atom stereocenters. The van der Waals surface area contributed by atoms with Crippen LogP contribution in [0.2, 0.25) is 0 Å². The van der Waals surface area contributed by atoms with Crippen LogP contribution in [0.5, 0.6) is 0 Å². The van der Waals surface area contributed by atoms with E-state index in [0.29, 0.717) is 10.5 Å². The van der Waals surface area contributed by atoms with Gasteiger partial charge in [-0.25, -0.2) is 4.39 Å². The van der Waals surface area contributed by atoms with Gasteiger partial charge in [-0.1, -0.05) is 6.07 Å². The first kappa shape index (κ1) is 14.7. The highest BCUT2D eigenvalue weighted by Gasteiger charge is 2.09. The number of thioether (sulfide) groups is 1. The Morgan fingerprint density at radius 2 is 2.06 bits per heavy atom. The van der Waals surface area contributed by atoms with Gasteiger partial charge in [-0.05, 0) is 32.9 Å². The Kier molecular flexibility index (Phi) is 5.34. The number of rotatable bonds is 5. The van der Waals surface area contributed by atoms with Crippen molar-refractivity contribution in [2.45, 2.75) is 31.7 Å². The maximum Gasteiger partial charge on any atom is 0.230 e.